The Labute approximate surface area is 120 Å². The SMILES string of the molecule is CN1CCCC(C(=O)NCC(O)Cc2ccccc2)C1. The first-order valence-corrected chi connectivity index (χ1v) is 7.33. The number of aliphatic hydroxyl groups is 1. The summed E-state index contributed by atoms with van der Waals surface area (Å²) in [4.78, 5) is 14.2. The van der Waals surface area contributed by atoms with E-state index in [4.69, 9.17) is 0 Å². The van der Waals surface area contributed by atoms with E-state index in [9.17, 15) is 9.90 Å². The maximum absolute atomic E-state index is 12.1. The number of amides is 1. The van der Waals surface area contributed by atoms with Crippen molar-refractivity contribution in [2.45, 2.75) is 25.4 Å². The van der Waals surface area contributed by atoms with E-state index < -0.39 is 6.10 Å². The second kappa shape index (κ2) is 7.41. The van der Waals surface area contributed by atoms with E-state index >= 15 is 0 Å². The molecule has 0 aromatic heterocycles. The van der Waals surface area contributed by atoms with Crippen molar-refractivity contribution in [3.05, 3.63) is 35.9 Å². The third-order valence-corrected chi connectivity index (χ3v) is 3.82. The van der Waals surface area contributed by atoms with Crippen LogP contribution in [0.4, 0.5) is 0 Å². The van der Waals surface area contributed by atoms with Gasteiger partial charge in [-0.05, 0) is 32.0 Å². The van der Waals surface area contributed by atoms with Crippen LogP contribution in [0, 0.1) is 5.92 Å². The Balaban J connectivity index is 1.72. The number of nitrogens with one attached hydrogen (secondary N) is 1. The number of carbonyl (C=O) groups excluding carboxylic acids is 1. The van der Waals surface area contributed by atoms with E-state index in [1.54, 1.807) is 0 Å². The molecule has 2 atom stereocenters. The van der Waals surface area contributed by atoms with Gasteiger partial charge in [-0.25, -0.2) is 0 Å². The molecule has 1 saturated heterocycles. The zero-order valence-electron chi connectivity index (χ0n) is 12.1. The molecule has 0 spiro atoms. The zero-order valence-corrected chi connectivity index (χ0v) is 12.1. The number of rotatable bonds is 5. The third-order valence-electron chi connectivity index (χ3n) is 3.82. The Bertz CT molecular complexity index is 422. The Morgan fingerprint density at radius 2 is 2.20 bits per heavy atom. The van der Waals surface area contributed by atoms with Crippen LogP contribution in [-0.4, -0.2) is 48.7 Å². The van der Waals surface area contributed by atoms with E-state index in [0.717, 1.165) is 31.5 Å². The monoisotopic (exact) mass is 276 g/mol. The van der Waals surface area contributed by atoms with E-state index in [1.165, 1.54) is 0 Å². The fourth-order valence-electron chi connectivity index (χ4n) is 2.70. The van der Waals surface area contributed by atoms with Crippen molar-refractivity contribution in [3.63, 3.8) is 0 Å². The first-order valence-electron chi connectivity index (χ1n) is 7.33. The number of carbonyl (C=O) groups is 1. The van der Waals surface area contributed by atoms with E-state index in [1.807, 2.05) is 37.4 Å². The van der Waals surface area contributed by atoms with Crippen molar-refractivity contribution in [1.29, 1.82) is 0 Å². The first-order chi connectivity index (χ1) is 9.65. The molecular weight excluding hydrogens is 252 g/mol. The molecule has 1 aromatic rings. The van der Waals surface area contributed by atoms with Gasteiger partial charge in [0.15, 0.2) is 0 Å². The lowest BCUT2D eigenvalue weighted by molar-refractivity contribution is -0.127. The molecule has 0 radical (unpaired) electrons. The summed E-state index contributed by atoms with van der Waals surface area (Å²) in [6.07, 6.45) is 2.07. The summed E-state index contributed by atoms with van der Waals surface area (Å²) in [5.74, 6) is 0.140. The smallest absolute Gasteiger partial charge is 0.224 e. The van der Waals surface area contributed by atoms with Crippen LogP contribution in [0.15, 0.2) is 30.3 Å². The van der Waals surface area contributed by atoms with Crippen LogP contribution in [0.25, 0.3) is 0 Å². The molecule has 1 fully saturated rings. The number of aliphatic hydroxyl groups excluding tert-OH is 1. The molecule has 2 rings (SSSR count). The summed E-state index contributed by atoms with van der Waals surface area (Å²) < 4.78 is 0. The first kappa shape index (κ1) is 15.0. The number of nitrogens with zero attached hydrogens (tertiary/aromatic N) is 1. The Kier molecular flexibility index (Phi) is 5.56. The number of benzene rings is 1. The zero-order chi connectivity index (χ0) is 14.4. The van der Waals surface area contributed by atoms with Gasteiger partial charge in [-0.2, -0.15) is 0 Å². The molecule has 0 saturated carbocycles. The minimum Gasteiger partial charge on any atom is -0.391 e. The highest BCUT2D eigenvalue weighted by molar-refractivity contribution is 5.79. The van der Waals surface area contributed by atoms with Crippen LogP contribution in [0.5, 0.6) is 0 Å². The van der Waals surface area contributed by atoms with Crippen molar-refractivity contribution in [2.75, 3.05) is 26.7 Å². The Morgan fingerprint density at radius 1 is 1.45 bits per heavy atom. The molecule has 2 unspecified atom stereocenters. The summed E-state index contributed by atoms with van der Waals surface area (Å²) in [5.41, 5.74) is 1.09. The van der Waals surface area contributed by atoms with Gasteiger partial charge in [-0.15, -0.1) is 0 Å². The normalized spacial score (nSPS) is 21.4. The molecule has 2 N–H and O–H groups in total. The van der Waals surface area contributed by atoms with Gasteiger partial charge in [-0.1, -0.05) is 30.3 Å². The van der Waals surface area contributed by atoms with Crippen LogP contribution >= 0.6 is 0 Å². The fraction of sp³-hybridized carbons (Fsp3) is 0.562. The topological polar surface area (TPSA) is 52.6 Å². The molecule has 1 aromatic carbocycles. The quantitative estimate of drug-likeness (QED) is 0.845. The summed E-state index contributed by atoms with van der Waals surface area (Å²) in [6, 6.07) is 9.84. The van der Waals surface area contributed by atoms with Gasteiger partial charge in [-0.3, -0.25) is 4.79 Å². The van der Waals surface area contributed by atoms with Gasteiger partial charge < -0.3 is 15.3 Å². The maximum Gasteiger partial charge on any atom is 0.224 e. The minimum atomic E-state index is -0.525. The molecule has 0 aliphatic carbocycles. The van der Waals surface area contributed by atoms with Crippen LogP contribution in [-0.2, 0) is 11.2 Å². The van der Waals surface area contributed by atoms with Gasteiger partial charge in [0.25, 0.3) is 0 Å². The molecule has 1 aliphatic rings. The number of piperidine rings is 1. The largest absolute Gasteiger partial charge is 0.391 e. The maximum atomic E-state index is 12.1. The lowest BCUT2D eigenvalue weighted by Crippen LogP contribution is -2.43. The molecule has 20 heavy (non-hydrogen) atoms. The Morgan fingerprint density at radius 3 is 2.90 bits per heavy atom. The Hall–Kier alpha value is -1.39. The minimum absolute atomic E-state index is 0.0673. The predicted octanol–water partition coefficient (Wildman–Crippen LogP) is 1.05. The highest BCUT2D eigenvalue weighted by Gasteiger charge is 2.23. The molecule has 0 bridgehead atoms. The summed E-state index contributed by atoms with van der Waals surface area (Å²) in [5, 5.41) is 12.9. The lowest BCUT2D eigenvalue weighted by Gasteiger charge is -2.29. The predicted molar refractivity (Wildman–Crippen MR) is 79.4 cm³/mol. The van der Waals surface area contributed by atoms with Crippen molar-refractivity contribution >= 4 is 5.91 Å². The van der Waals surface area contributed by atoms with Crippen molar-refractivity contribution in [1.82, 2.24) is 10.2 Å². The van der Waals surface area contributed by atoms with Gasteiger partial charge in [0, 0.05) is 19.5 Å². The van der Waals surface area contributed by atoms with Crippen molar-refractivity contribution < 1.29 is 9.90 Å². The summed E-state index contributed by atoms with van der Waals surface area (Å²) in [7, 11) is 2.05. The van der Waals surface area contributed by atoms with Crippen LogP contribution in [0.3, 0.4) is 0 Å². The second-order valence-corrected chi connectivity index (χ2v) is 5.69. The lowest BCUT2D eigenvalue weighted by atomic mass is 9.97. The molecule has 110 valence electrons. The van der Waals surface area contributed by atoms with Crippen molar-refractivity contribution in [3.8, 4) is 0 Å². The van der Waals surface area contributed by atoms with Gasteiger partial charge in [0.05, 0.1) is 12.0 Å². The fourth-order valence-corrected chi connectivity index (χ4v) is 2.70. The summed E-state index contributed by atoms with van der Waals surface area (Å²) >= 11 is 0. The number of hydrogen-bond acceptors (Lipinski definition) is 3. The molecule has 1 heterocycles. The van der Waals surface area contributed by atoms with E-state index in [-0.39, 0.29) is 11.8 Å². The van der Waals surface area contributed by atoms with Gasteiger partial charge in [0.1, 0.15) is 0 Å². The van der Waals surface area contributed by atoms with Gasteiger partial charge in [0.2, 0.25) is 5.91 Å². The highest BCUT2D eigenvalue weighted by Crippen LogP contribution is 2.15. The molecule has 1 amide bonds. The highest BCUT2D eigenvalue weighted by atomic mass is 16.3. The third kappa shape index (κ3) is 4.62. The average molecular weight is 276 g/mol. The molecular formula is C16H24N2O2. The standard InChI is InChI=1S/C16H24N2O2/c1-18-9-5-8-14(12-18)16(20)17-11-15(19)10-13-6-3-2-4-7-13/h2-4,6-7,14-15,19H,5,8-12H2,1H3,(H,17,20). The van der Waals surface area contributed by atoms with Crippen LogP contribution in [0.1, 0.15) is 18.4 Å². The molecule has 4 heteroatoms. The molecule has 4 nitrogen and oxygen atoms in total. The van der Waals surface area contributed by atoms with E-state index in [2.05, 4.69) is 10.2 Å². The molecule has 1 aliphatic heterocycles. The van der Waals surface area contributed by atoms with E-state index in [0.29, 0.717) is 13.0 Å². The number of likely N-dealkylation sites (tertiary alicyclic amines) is 1. The van der Waals surface area contributed by atoms with Crippen LogP contribution < -0.4 is 5.32 Å². The van der Waals surface area contributed by atoms with Crippen molar-refractivity contribution in [2.24, 2.45) is 5.92 Å². The van der Waals surface area contributed by atoms with Gasteiger partial charge >= 0.3 is 0 Å². The second-order valence-electron chi connectivity index (χ2n) is 5.69. The van der Waals surface area contributed by atoms with Crippen LogP contribution in [0.2, 0.25) is 0 Å². The average Bonchev–Trinajstić information content (AvgIpc) is 2.46. The summed E-state index contributed by atoms with van der Waals surface area (Å²) in [6.45, 7) is 2.22. The number of hydrogen-bond donors (Lipinski definition) is 2.